The maximum atomic E-state index is 11.1. The predicted octanol–water partition coefficient (Wildman–Crippen LogP) is 0.359. The van der Waals surface area contributed by atoms with Crippen molar-refractivity contribution >= 4 is 0 Å². The molecule has 0 aliphatic heterocycles. The third-order valence-corrected chi connectivity index (χ3v) is 2.09. The zero-order valence-corrected chi connectivity index (χ0v) is 7.44. The second-order valence-corrected chi connectivity index (χ2v) is 3.07. The number of nitrogens with zero attached hydrogens (tertiary/aromatic N) is 1. The monoisotopic (exact) mass is 189 g/mol. The van der Waals surface area contributed by atoms with Crippen LogP contribution in [-0.2, 0) is 0 Å². The molecule has 0 atom stereocenters. The van der Waals surface area contributed by atoms with Crippen molar-refractivity contribution in [3.05, 3.63) is 44.5 Å². The number of pyridine rings is 1. The second kappa shape index (κ2) is 2.77. The molecular formula is C10H7NO3. The van der Waals surface area contributed by atoms with Gasteiger partial charge in [-0.3, -0.25) is 14.6 Å². The molecule has 2 aromatic rings. The molecule has 2 rings (SSSR count). The van der Waals surface area contributed by atoms with Gasteiger partial charge in [0.2, 0.25) is 5.43 Å². The summed E-state index contributed by atoms with van der Waals surface area (Å²) < 4.78 is 0. The van der Waals surface area contributed by atoms with Gasteiger partial charge >= 0.3 is 0 Å². The summed E-state index contributed by atoms with van der Waals surface area (Å²) in [4.78, 5) is 25.8. The molecule has 1 N–H and O–H groups in total. The van der Waals surface area contributed by atoms with Crippen molar-refractivity contribution in [2.24, 2.45) is 0 Å². The fourth-order valence-corrected chi connectivity index (χ4v) is 1.26. The van der Waals surface area contributed by atoms with Gasteiger partial charge in [-0.2, -0.15) is 0 Å². The van der Waals surface area contributed by atoms with E-state index >= 15 is 0 Å². The third kappa shape index (κ3) is 1.04. The molecule has 0 spiro atoms. The smallest absolute Gasteiger partial charge is 0.268 e. The molecule has 0 bridgehead atoms. The van der Waals surface area contributed by atoms with Gasteiger partial charge in [0.15, 0.2) is 5.75 Å². The lowest BCUT2D eigenvalue weighted by atomic mass is 10.0. The first kappa shape index (κ1) is 8.62. The van der Waals surface area contributed by atoms with E-state index in [9.17, 15) is 9.59 Å². The molecule has 0 amide bonds. The molecular weight excluding hydrogens is 182 g/mol. The number of aryl methyl sites for hydroxylation is 1. The van der Waals surface area contributed by atoms with Gasteiger partial charge < -0.3 is 5.11 Å². The van der Waals surface area contributed by atoms with Crippen LogP contribution in [0.25, 0.3) is 11.1 Å². The van der Waals surface area contributed by atoms with Gasteiger partial charge in [-0.15, -0.1) is 0 Å². The normalized spacial score (nSPS) is 10.6. The molecule has 0 fully saturated rings. The summed E-state index contributed by atoms with van der Waals surface area (Å²) in [7, 11) is 0. The Bertz CT molecular complexity index is 547. The molecule has 0 aliphatic carbocycles. The summed E-state index contributed by atoms with van der Waals surface area (Å²) in [5.41, 5.74) is -0.0964. The average Bonchev–Trinajstić information content (AvgIpc) is 2.21. The second-order valence-electron chi connectivity index (χ2n) is 3.07. The zero-order chi connectivity index (χ0) is 10.3. The highest BCUT2D eigenvalue weighted by Gasteiger charge is 2.21. The molecule has 14 heavy (non-hydrogen) atoms. The van der Waals surface area contributed by atoms with Crippen LogP contribution < -0.4 is 10.9 Å². The number of hydrogen-bond acceptors (Lipinski definition) is 4. The summed E-state index contributed by atoms with van der Waals surface area (Å²) in [5, 5.41) is 9.15. The van der Waals surface area contributed by atoms with Gasteiger partial charge in [0.1, 0.15) is 0 Å². The van der Waals surface area contributed by atoms with Crippen LogP contribution in [0.2, 0.25) is 0 Å². The van der Waals surface area contributed by atoms with E-state index in [0.29, 0.717) is 5.56 Å². The standard InChI is InChI=1S/C10H7NO3/c1-5-2-3-6(4-11-5)7-8(12)10(14)9(7)13/h2-4,12H,1H3. The first-order valence-corrected chi connectivity index (χ1v) is 4.06. The van der Waals surface area contributed by atoms with Crippen molar-refractivity contribution in [1.82, 2.24) is 4.98 Å². The maximum Gasteiger partial charge on any atom is 0.268 e. The quantitative estimate of drug-likeness (QED) is 0.657. The summed E-state index contributed by atoms with van der Waals surface area (Å²) in [6.45, 7) is 1.81. The summed E-state index contributed by atoms with van der Waals surface area (Å²) in [6, 6.07) is 3.36. The van der Waals surface area contributed by atoms with Crippen LogP contribution in [0, 0.1) is 6.92 Å². The van der Waals surface area contributed by atoms with E-state index in [1.54, 1.807) is 12.1 Å². The highest BCUT2D eigenvalue weighted by atomic mass is 16.3. The fourth-order valence-electron chi connectivity index (χ4n) is 1.26. The Morgan fingerprint density at radius 3 is 2.43 bits per heavy atom. The fraction of sp³-hybridized carbons (Fsp3) is 0.100. The lowest BCUT2D eigenvalue weighted by molar-refractivity contribution is 0.465. The molecule has 0 radical (unpaired) electrons. The topological polar surface area (TPSA) is 67.3 Å². The van der Waals surface area contributed by atoms with Crippen LogP contribution >= 0.6 is 0 Å². The van der Waals surface area contributed by atoms with Crippen molar-refractivity contribution in [2.45, 2.75) is 6.92 Å². The van der Waals surface area contributed by atoms with Crippen LogP contribution in [0.3, 0.4) is 0 Å². The largest absolute Gasteiger partial charge is 0.503 e. The average molecular weight is 189 g/mol. The Balaban J connectivity index is 2.58. The molecule has 0 saturated heterocycles. The minimum atomic E-state index is -0.819. The molecule has 1 heterocycles. The van der Waals surface area contributed by atoms with Crippen LogP contribution in [0.4, 0.5) is 0 Å². The minimum absolute atomic E-state index is 0.0718. The van der Waals surface area contributed by atoms with E-state index in [2.05, 4.69) is 4.98 Å². The highest BCUT2D eigenvalue weighted by Crippen LogP contribution is 2.22. The number of aromatic hydroxyl groups is 1. The molecule has 0 saturated carbocycles. The lowest BCUT2D eigenvalue weighted by Gasteiger charge is -2.04. The van der Waals surface area contributed by atoms with Crippen molar-refractivity contribution in [3.63, 3.8) is 0 Å². The van der Waals surface area contributed by atoms with E-state index in [1.807, 2.05) is 6.92 Å². The van der Waals surface area contributed by atoms with Gasteiger partial charge in [0.05, 0.1) is 5.56 Å². The molecule has 70 valence electrons. The van der Waals surface area contributed by atoms with Gasteiger partial charge in [-0.25, -0.2) is 0 Å². The Hall–Kier alpha value is -1.97. The maximum absolute atomic E-state index is 11.1. The van der Waals surface area contributed by atoms with Gasteiger partial charge in [0, 0.05) is 17.5 Å². The van der Waals surface area contributed by atoms with E-state index in [4.69, 9.17) is 5.11 Å². The molecule has 1 aromatic heterocycles. The number of hydrogen-bond donors (Lipinski definition) is 1. The Labute approximate surface area is 79.2 Å². The van der Waals surface area contributed by atoms with Crippen LogP contribution in [0.15, 0.2) is 27.9 Å². The van der Waals surface area contributed by atoms with Crippen molar-refractivity contribution in [2.75, 3.05) is 0 Å². The Morgan fingerprint density at radius 1 is 1.21 bits per heavy atom. The molecule has 0 aliphatic rings. The summed E-state index contributed by atoms with van der Waals surface area (Å²) in [5.74, 6) is -0.458. The first-order chi connectivity index (χ1) is 6.61. The Morgan fingerprint density at radius 2 is 1.93 bits per heavy atom. The molecule has 4 nitrogen and oxygen atoms in total. The predicted molar refractivity (Wildman–Crippen MR) is 51.0 cm³/mol. The minimum Gasteiger partial charge on any atom is -0.503 e. The van der Waals surface area contributed by atoms with Crippen LogP contribution in [-0.4, -0.2) is 10.1 Å². The van der Waals surface area contributed by atoms with E-state index in [1.165, 1.54) is 6.20 Å². The Kier molecular flexibility index (Phi) is 1.70. The number of rotatable bonds is 1. The molecule has 1 aromatic carbocycles. The molecule has 0 unspecified atom stereocenters. The lowest BCUT2D eigenvalue weighted by Crippen LogP contribution is -2.31. The van der Waals surface area contributed by atoms with E-state index in [0.717, 1.165) is 5.69 Å². The van der Waals surface area contributed by atoms with Crippen LogP contribution in [0.1, 0.15) is 5.69 Å². The number of aromatic nitrogens is 1. The SMILES string of the molecule is Cc1ccc(-c2c(O)c(=O)c2=O)cn1. The van der Waals surface area contributed by atoms with Gasteiger partial charge in [-0.05, 0) is 13.0 Å². The van der Waals surface area contributed by atoms with Crippen molar-refractivity contribution in [1.29, 1.82) is 0 Å². The van der Waals surface area contributed by atoms with Crippen molar-refractivity contribution < 1.29 is 5.11 Å². The summed E-state index contributed by atoms with van der Waals surface area (Å²) in [6.07, 6.45) is 1.46. The van der Waals surface area contributed by atoms with Crippen molar-refractivity contribution in [3.8, 4) is 16.9 Å². The van der Waals surface area contributed by atoms with E-state index < -0.39 is 16.6 Å². The zero-order valence-electron chi connectivity index (χ0n) is 7.44. The first-order valence-electron chi connectivity index (χ1n) is 4.06. The highest BCUT2D eigenvalue weighted by molar-refractivity contribution is 5.72. The van der Waals surface area contributed by atoms with Gasteiger partial charge in [0.25, 0.3) is 5.43 Å². The van der Waals surface area contributed by atoms with Gasteiger partial charge in [-0.1, -0.05) is 6.07 Å². The van der Waals surface area contributed by atoms with Crippen LogP contribution in [0.5, 0.6) is 5.75 Å². The van der Waals surface area contributed by atoms with E-state index in [-0.39, 0.29) is 5.56 Å². The molecule has 4 heteroatoms. The third-order valence-electron chi connectivity index (χ3n) is 2.09. The summed E-state index contributed by atoms with van der Waals surface area (Å²) >= 11 is 0.